The van der Waals surface area contributed by atoms with E-state index in [-0.39, 0.29) is 5.82 Å². The van der Waals surface area contributed by atoms with E-state index in [0.717, 1.165) is 33.5 Å². The molecule has 0 saturated heterocycles. The van der Waals surface area contributed by atoms with Crippen molar-refractivity contribution >= 4 is 5.69 Å². The molecular weight excluding hydrogens is 213 g/mol. The SMILES string of the molecule is Cc1ccc(N)c(-c2c(C)cc(F)cc2C)c1. The Bertz CT molecular complexity index is 550. The number of rotatable bonds is 1. The Morgan fingerprint density at radius 2 is 1.53 bits per heavy atom. The highest BCUT2D eigenvalue weighted by atomic mass is 19.1. The summed E-state index contributed by atoms with van der Waals surface area (Å²) in [5.41, 5.74) is 11.7. The molecule has 88 valence electrons. The van der Waals surface area contributed by atoms with Gasteiger partial charge in [-0.15, -0.1) is 0 Å². The van der Waals surface area contributed by atoms with E-state index in [1.807, 2.05) is 39.0 Å². The van der Waals surface area contributed by atoms with E-state index >= 15 is 0 Å². The molecule has 0 aromatic heterocycles. The summed E-state index contributed by atoms with van der Waals surface area (Å²) < 4.78 is 13.3. The Morgan fingerprint density at radius 1 is 0.941 bits per heavy atom. The third-order valence-corrected chi connectivity index (χ3v) is 2.98. The fourth-order valence-electron chi connectivity index (χ4n) is 2.22. The first-order chi connectivity index (χ1) is 7.99. The van der Waals surface area contributed by atoms with Gasteiger partial charge in [-0.2, -0.15) is 0 Å². The largest absolute Gasteiger partial charge is 0.398 e. The fourth-order valence-corrected chi connectivity index (χ4v) is 2.22. The Morgan fingerprint density at radius 3 is 2.12 bits per heavy atom. The summed E-state index contributed by atoms with van der Waals surface area (Å²) in [4.78, 5) is 0. The second-order valence-electron chi connectivity index (χ2n) is 4.51. The lowest BCUT2D eigenvalue weighted by molar-refractivity contribution is 0.625. The number of aryl methyl sites for hydroxylation is 3. The van der Waals surface area contributed by atoms with E-state index in [4.69, 9.17) is 5.73 Å². The van der Waals surface area contributed by atoms with Crippen LogP contribution < -0.4 is 5.73 Å². The van der Waals surface area contributed by atoms with E-state index in [1.165, 1.54) is 0 Å². The van der Waals surface area contributed by atoms with Gasteiger partial charge < -0.3 is 5.73 Å². The molecule has 0 unspecified atom stereocenters. The molecule has 0 spiro atoms. The van der Waals surface area contributed by atoms with Crippen LogP contribution in [-0.4, -0.2) is 0 Å². The zero-order chi connectivity index (χ0) is 12.6. The Labute approximate surface area is 101 Å². The summed E-state index contributed by atoms with van der Waals surface area (Å²) in [6.45, 7) is 5.84. The number of hydrogen-bond donors (Lipinski definition) is 1. The van der Waals surface area contributed by atoms with Crippen LogP contribution in [0.1, 0.15) is 16.7 Å². The molecule has 0 radical (unpaired) electrons. The van der Waals surface area contributed by atoms with Crippen LogP contribution >= 0.6 is 0 Å². The minimum Gasteiger partial charge on any atom is -0.398 e. The zero-order valence-electron chi connectivity index (χ0n) is 10.3. The maximum Gasteiger partial charge on any atom is 0.123 e. The van der Waals surface area contributed by atoms with Crippen molar-refractivity contribution in [3.05, 3.63) is 52.8 Å². The highest BCUT2D eigenvalue weighted by Crippen LogP contribution is 2.32. The van der Waals surface area contributed by atoms with Crippen molar-refractivity contribution in [3.8, 4) is 11.1 Å². The molecule has 0 saturated carbocycles. The van der Waals surface area contributed by atoms with Crippen LogP contribution in [0.4, 0.5) is 10.1 Å². The molecule has 0 aliphatic carbocycles. The summed E-state index contributed by atoms with van der Waals surface area (Å²) in [6.07, 6.45) is 0. The maximum absolute atomic E-state index is 13.3. The molecule has 0 heterocycles. The van der Waals surface area contributed by atoms with E-state index in [0.29, 0.717) is 0 Å². The van der Waals surface area contributed by atoms with Gasteiger partial charge in [0.25, 0.3) is 0 Å². The van der Waals surface area contributed by atoms with Gasteiger partial charge in [-0.3, -0.25) is 0 Å². The molecule has 2 aromatic carbocycles. The highest BCUT2D eigenvalue weighted by molar-refractivity contribution is 5.81. The van der Waals surface area contributed by atoms with Crippen LogP contribution in [0.5, 0.6) is 0 Å². The minimum absolute atomic E-state index is 0.199. The first kappa shape index (κ1) is 11.6. The molecule has 0 fully saturated rings. The van der Waals surface area contributed by atoms with Crippen molar-refractivity contribution in [2.75, 3.05) is 5.73 Å². The Hall–Kier alpha value is -1.83. The summed E-state index contributed by atoms with van der Waals surface area (Å²) in [5.74, 6) is -0.199. The lowest BCUT2D eigenvalue weighted by atomic mass is 9.93. The van der Waals surface area contributed by atoms with E-state index < -0.39 is 0 Å². The van der Waals surface area contributed by atoms with Gasteiger partial charge in [0.2, 0.25) is 0 Å². The molecule has 2 aromatic rings. The molecule has 1 nitrogen and oxygen atoms in total. The summed E-state index contributed by atoms with van der Waals surface area (Å²) in [6, 6.07) is 9.01. The standard InChI is InChI=1S/C15H16FN/c1-9-4-5-14(17)13(6-9)15-10(2)7-12(16)8-11(15)3/h4-8H,17H2,1-3H3. The minimum atomic E-state index is -0.199. The van der Waals surface area contributed by atoms with Gasteiger partial charge in [0.1, 0.15) is 5.82 Å². The molecule has 2 N–H and O–H groups in total. The quantitative estimate of drug-likeness (QED) is 0.735. The van der Waals surface area contributed by atoms with E-state index in [9.17, 15) is 4.39 Å². The van der Waals surface area contributed by atoms with Gasteiger partial charge in [0.05, 0.1) is 0 Å². The fraction of sp³-hybridized carbons (Fsp3) is 0.200. The molecule has 0 bridgehead atoms. The van der Waals surface area contributed by atoms with Crippen molar-refractivity contribution in [1.82, 2.24) is 0 Å². The van der Waals surface area contributed by atoms with Crippen LogP contribution in [0, 0.1) is 26.6 Å². The predicted octanol–water partition coefficient (Wildman–Crippen LogP) is 4.00. The van der Waals surface area contributed by atoms with Crippen molar-refractivity contribution in [3.63, 3.8) is 0 Å². The first-order valence-electron chi connectivity index (χ1n) is 5.62. The molecule has 2 rings (SSSR count). The molecule has 0 amide bonds. The van der Waals surface area contributed by atoms with E-state index in [1.54, 1.807) is 12.1 Å². The normalized spacial score (nSPS) is 10.6. The second kappa shape index (κ2) is 4.21. The van der Waals surface area contributed by atoms with Gasteiger partial charge in [-0.25, -0.2) is 4.39 Å². The lowest BCUT2D eigenvalue weighted by Gasteiger charge is -2.13. The average molecular weight is 229 g/mol. The third-order valence-electron chi connectivity index (χ3n) is 2.98. The number of hydrogen-bond acceptors (Lipinski definition) is 1. The predicted molar refractivity (Wildman–Crippen MR) is 70.5 cm³/mol. The highest BCUT2D eigenvalue weighted by Gasteiger charge is 2.10. The third kappa shape index (κ3) is 2.16. The topological polar surface area (TPSA) is 26.0 Å². The number of benzene rings is 2. The van der Waals surface area contributed by atoms with Gasteiger partial charge in [-0.05, 0) is 61.7 Å². The summed E-state index contributed by atoms with van der Waals surface area (Å²) in [5, 5.41) is 0. The molecular formula is C15H16FN. The Balaban J connectivity index is 2.72. The molecule has 2 heteroatoms. The van der Waals surface area contributed by atoms with Crippen LogP contribution in [0.3, 0.4) is 0 Å². The van der Waals surface area contributed by atoms with Crippen LogP contribution in [0.2, 0.25) is 0 Å². The molecule has 17 heavy (non-hydrogen) atoms. The summed E-state index contributed by atoms with van der Waals surface area (Å²) in [7, 11) is 0. The van der Waals surface area contributed by atoms with Gasteiger partial charge in [0, 0.05) is 11.3 Å². The number of halogens is 1. The van der Waals surface area contributed by atoms with Gasteiger partial charge >= 0.3 is 0 Å². The molecule has 0 aliphatic heterocycles. The molecule has 0 atom stereocenters. The smallest absolute Gasteiger partial charge is 0.123 e. The maximum atomic E-state index is 13.3. The van der Waals surface area contributed by atoms with Crippen molar-refractivity contribution in [1.29, 1.82) is 0 Å². The average Bonchev–Trinajstić information content (AvgIpc) is 2.21. The van der Waals surface area contributed by atoms with Crippen LogP contribution in [0.15, 0.2) is 30.3 Å². The van der Waals surface area contributed by atoms with Crippen LogP contribution in [0.25, 0.3) is 11.1 Å². The summed E-state index contributed by atoms with van der Waals surface area (Å²) >= 11 is 0. The van der Waals surface area contributed by atoms with Crippen molar-refractivity contribution < 1.29 is 4.39 Å². The number of nitrogen functional groups attached to an aromatic ring is 1. The van der Waals surface area contributed by atoms with Crippen molar-refractivity contribution in [2.24, 2.45) is 0 Å². The number of anilines is 1. The zero-order valence-corrected chi connectivity index (χ0v) is 10.3. The molecule has 0 aliphatic rings. The van der Waals surface area contributed by atoms with Crippen LogP contribution in [-0.2, 0) is 0 Å². The first-order valence-corrected chi connectivity index (χ1v) is 5.62. The van der Waals surface area contributed by atoms with Crippen molar-refractivity contribution in [2.45, 2.75) is 20.8 Å². The van der Waals surface area contributed by atoms with Gasteiger partial charge in [0.15, 0.2) is 0 Å². The van der Waals surface area contributed by atoms with E-state index in [2.05, 4.69) is 0 Å². The monoisotopic (exact) mass is 229 g/mol. The van der Waals surface area contributed by atoms with Gasteiger partial charge in [-0.1, -0.05) is 11.6 Å². The lowest BCUT2D eigenvalue weighted by Crippen LogP contribution is -1.96. The second-order valence-corrected chi connectivity index (χ2v) is 4.51. The number of nitrogens with two attached hydrogens (primary N) is 1. The Kier molecular flexibility index (Phi) is 2.88.